The quantitative estimate of drug-likeness (QED) is 0.0280. The standard InChI is InChI=1S/C73H121N5O53/c1-17-38(93)49(104)52(107)67(115-17)113-16-32-57(46(101)34(63(110)116-32)75-19(3)87)124-65-36(77-21(5)89)47(102)55(29(13-84)121-65)125-68-53(108)59(127-71-62(51(106)42(97)27(11-82)120-71)129-64-35(76-20(4)88)45(100)40(95)25(9-80)117-64)44(99)31(123-68)15-114-70-61(50(105)41(96)26(10-81)119-70)128-66-37(78-22(6)90)48(103)56(30(14-85)122-66)126-69-54(109)60(43(98)28(12-83)118-69)131-73(72(111)112)7-23(91)33(74-18(2)86)58(130-73)39(94)24(92)8-79/h17,23-71,79-85,91-110H,7-16H2,1-6H3,(H,74,86)(H,75,87)(H,76,88)(H,77,89)(H,78,90)(H,111,112)/t17-,23-,24+,25+,26+,27+,28+,29+,30+,31+,32+,33+,34+,35-,36+,37+,38+,39+,40+,41+,42+,43-,44+,45+,46+,47+,48+,49+,50-,51-,52-,53-,54+,55+,56+,57+,58+,59-,60-,61-,62-,63?,64-,65-,66-,67+,68-,69-,70-,71+,73-/m0/s1. The number of aliphatic carboxylic acids is 1. The summed E-state index contributed by atoms with van der Waals surface area (Å²) >= 11 is 0. The Morgan fingerprint density at radius 1 is 0.328 bits per heavy atom. The molecule has 756 valence electrons. The van der Waals surface area contributed by atoms with Crippen molar-refractivity contribution in [2.75, 3.05) is 59.5 Å². The number of aliphatic hydroxyl groups is 27. The third kappa shape index (κ3) is 24.1. The molecule has 1 unspecified atom stereocenters. The lowest BCUT2D eigenvalue weighted by atomic mass is 9.88. The van der Waals surface area contributed by atoms with E-state index in [1.165, 1.54) is 6.92 Å². The van der Waals surface area contributed by atoms with Crippen molar-refractivity contribution in [2.24, 2.45) is 0 Å². The van der Waals surface area contributed by atoms with Crippen molar-refractivity contribution < 1.29 is 262 Å². The number of carbonyl (C=O) groups excluding carboxylic acids is 5. The predicted molar refractivity (Wildman–Crippen MR) is 403 cm³/mol. The highest BCUT2D eigenvalue weighted by atomic mass is 16.8. The van der Waals surface area contributed by atoms with Crippen LogP contribution in [-0.4, -0.2) is 550 Å². The van der Waals surface area contributed by atoms with E-state index in [0.717, 1.165) is 34.6 Å². The minimum atomic E-state index is -3.31. The maximum atomic E-state index is 13.3. The first-order chi connectivity index (χ1) is 61.7. The molecule has 0 saturated carbocycles. The Kier molecular flexibility index (Phi) is 38.4. The largest absolute Gasteiger partial charge is 0.477 e. The van der Waals surface area contributed by atoms with Crippen LogP contribution in [0.1, 0.15) is 48.0 Å². The fourth-order valence-corrected chi connectivity index (χ4v) is 16.9. The van der Waals surface area contributed by atoms with Crippen molar-refractivity contribution in [2.45, 2.75) is 360 Å². The van der Waals surface area contributed by atoms with E-state index in [0.29, 0.717) is 0 Å². The van der Waals surface area contributed by atoms with Gasteiger partial charge in [0.1, 0.15) is 232 Å². The number of ether oxygens (including phenoxy) is 19. The summed E-state index contributed by atoms with van der Waals surface area (Å²) in [6.07, 6.45) is -98.3. The number of aliphatic hydroxyl groups excluding tert-OH is 27. The fraction of sp³-hybridized carbons (Fsp3) is 0.918. The number of rotatable bonds is 35. The molecule has 51 atom stereocenters. The molecule has 10 heterocycles. The molecule has 58 nitrogen and oxygen atoms in total. The predicted octanol–water partition coefficient (Wildman–Crippen LogP) is -21.9. The lowest BCUT2D eigenvalue weighted by Gasteiger charge is -2.51. The number of hydrogen-bond acceptors (Lipinski definition) is 52. The van der Waals surface area contributed by atoms with E-state index < -0.39 is 414 Å². The van der Waals surface area contributed by atoms with Crippen LogP contribution in [0, 0.1) is 0 Å². The minimum absolute atomic E-state index is 0.854. The lowest BCUT2D eigenvalue weighted by molar-refractivity contribution is -0.397. The van der Waals surface area contributed by atoms with Crippen LogP contribution < -0.4 is 26.6 Å². The summed E-state index contributed by atoms with van der Waals surface area (Å²) in [4.78, 5) is 77.1. The monoisotopic (exact) mass is 1920 g/mol. The summed E-state index contributed by atoms with van der Waals surface area (Å²) in [5.41, 5.74) is 0. The summed E-state index contributed by atoms with van der Waals surface area (Å²) in [6, 6.07) is -9.50. The van der Waals surface area contributed by atoms with Crippen LogP contribution in [0.2, 0.25) is 0 Å². The first-order valence-corrected chi connectivity index (χ1v) is 41.6. The van der Waals surface area contributed by atoms with E-state index in [1.807, 2.05) is 0 Å². The van der Waals surface area contributed by atoms with Gasteiger partial charge in [0.2, 0.25) is 29.5 Å². The van der Waals surface area contributed by atoms with Gasteiger partial charge in [0.15, 0.2) is 56.6 Å². The van der Waals surface area contributed by atoms with Crippen molar-refractivity contribution in [3.63, 3.8) is 0 Å². The molecule has 0 radical (unpaired) electrons. The highest BCUT2D eigenvalue weighted by molar-refractivity contribution is 5.77. The third-order valence-corrected chi connectivity index (χ3v) is 23.8. The molecule has 5 amide bonds. The van der Waals surface area contributed by atoms with Gasteiger partial charge in [-0.05, 0) is 6.92 Å². The number of amides is 5. The normalized spacial score (nSPS) is 47.5. The molecule has 10 saturated heterocycles. The van der Waals surface area contributed by atoms with Crippen LogP contribution in [0.4, 0.5) is 0 Å². The first-order valence-electron chi connectivity index (χ1n) is 41.6. The molecule has 131 heavy (non-hydrogen) atoms. The van der Waals surface area contributed by atoms with Crippen LogP contribution in [-0.2, 0) is 119 Å². The van der Waals surface area contributed by atoms with Gasteiger partial charge in [0.25, 0.3) is 5.79 Å². The second-order valence-corrected chi connectivity index (χ2v) is 33.2. The average molecular weight is 1920 g/mol. The van der Waals surface area contributed by atoms with Crippen LogP contribution in [0.3, 0.4) is 0 Å². The Balaban J connectivity index is 0.963. The zero-order valence-corrected chi connectivity index (χ0v) is 70.7. The molecule has 0 spiro atoms. The Hall–Kier alpha value is -5.02. The summed E-state index contributed by atoms with van der Waals surface area (Å²) in [5, 5.41) is 326. The molecule has 58 heteroatoms. The second-order valence-electron chi connectivity index (χ2n) is 33.2. The first kappa shape index (κ1) is 108. The molecule has 0 aromatic carbocycles. The smallest absolute Gasteiger partial charge is 0.364 e. The van der Waals surface area contributed by atoms with Crippen molar-refractivity contribution in [1.29, 1.82) is 0 Å². The molecule has 10 fully saturated rings. The lowest BCUT2D eigenvalue weighted by Crippen LogP contribution is -2.71. The number of nitrogens with one attached hydrogen (secondary N) is 5. The molecular formula is C73H121N5O53. The summed E-state index contributed by atoms with van der Waals surface area (Å²) in [5.74, 6) is -10.2. The molecule has 10 rings (SSSR count). The van der Waals surface area contributed by atoms with Crippen LogP contribution >= 0.6 is 0 Å². The summed E-state index contributed by atoms with van der Waals surface area (Å²) < 4.78 is 113. The van der Waals surface area contributed by atoms with Gasteiger partial charge in [-0.3, -0.25) is 24.0 Å². The Labute approximate surface area is 741 Å². The van der Waals surface area contributed by atoms with Gasteiger partial charge >= 0.3 is 5.97 Å². The van der Waals surface area contributed by atoms with E-state index in [4.69, 9.17) is 90.0 Å². The van der Waals surface area contributed by atoms with E-state index in [-0.39, 0.29) is 0 Å². The third-order valence-electron chi connectivity index (χ3n) is 23.8. The number of carbonyl (C=O) groups is 6. The average Bonchev–Trinajstić information content (AvgIpc) is 0.745. The van der Waals surface area contributed by atoms with Crippen LogP contribution in [0.25, 0.3) is 0 Å². The Morgan fingerprint density at radius 3 is 1.15 bits per heavy atom. The maximum Gasteiger partial charge on any atom is 0.364 e. The zero-order valence-electron chi connectivity index (χ0n) is 70.7. The SMILES string of the molecule is CC(=O)N[C@@H]1[C@H](O[C@@H]2[C@@H](O[C@@H]3[C@H](O)[C@H](O[C@H]4[C@H](O)[C@@H](NC(C)=O)[C@H](O[C@H]5[C@H](O)[C@@H](NC(C)=O)C(O)O[C@@H]5CO[C@@H]5O[C@@H](C)[C@@H](O)[C@@H](O)[C@@H]5O)O[C@@H]4CO)O[C@H](CO[C@H]4O[C@H](CO)[C@@H](O)[C@H](O)[C@@H]4O[C@@H]4O[C@H](CO)[C@@H](O[C@@H]5O[C@H](CO)[C@H](O)[C@H](O[C@]6(C(=O)O)C[C@H](O)[C@@H](NC(C)=O)[C@H]([C@H](O)[C@H](O)CO)O6)[C@H]5O)[C@H](O)[C@H]4NC(C)=O)[C@H]3O)O[C@H](CO)[C@@H](O)[C@@H]2O)O[C@H](CO)[C@@H](O)[C@@H]1O. The van der Waals surface area contributed by atoms with Crippen molar-refractivity contribution in [1.82, 2.24) is 26.6 Å². The molecule has 33 N–H and O–H groups in total. The maximum absolute atomic E-state index is 13.3. The van der Waals surface area contributed by atoms with Gasteiger partial charge < -0.3 is 260 Å². The molecule has 0 aromatic heterocycles. The van der Waals surface area contributed by atoms with Crippen molar-refractivity contribution in [3.05, 3.63) is 0 Å². The van der Waals surface area contributed by atoms with E-state index in [2.05, 4.69) is 26.6 Å². The topological polar surface area (TPSA) is 904 Å². The van der Waals surface area contributed by atoms with E-state index >= 15 is 0 Å². The van der Waals surface area contributed by atoms with Crippen molar-refractivity contribution >= 4 is 35.5 Å². The van der Waals surface area contributed by atoms with Gasteiger partial charge in [-0.15, -0.1) is 0 Å². The van der Waals surface area contributed by atoms with Crippen molar-refractivity contribution in [3.8, 4) is 0 Å². The van der Waals surface area contributed by atoms with Gasteiger partial charge in [-0.25, -0.2) is 4.79 Å². The summed E-state index contributed by atoms with van der Waals surface area (Å²) in [7, 11) is 0. The van der Waals surface area contributed by atoms with Gasteiger partial charge in [-0.1, -0.05) is 0 Å². The highest BCUT2D eigenvalue weighted by Crippen LogP contribution is 2.43. The number of carboxylic acid groups (broad SMARTS) is 1. The molecular weight excluding hydrogens is 1790 g/mol. The molecule has 10 aliphatic heterocycles. The Bertz CT molecular complexity index is 3670. The summed E-state index contributed by atoms with van der Waals surface area (Å²) in [6.45, 7) is -4.62. The molecule has 0 aromatic rings. The second kappa shape index (κ2) is 46.6. The number of hydrogen-bond donors (Lipinski definition) is 33. The zero-order chi connectivity index (χ0) is 96.9. The molecule has 0 bridgehead atoms. The Morgan fingerprint density at radius 2 is 0.679 bits per heavy atom. The highest BCUT2D eigenvalue weighted by Gasteiger charge is 2.64. The van der Waals surface area contributed by atoms with Crippen LogP contribution in [0.15, 0.2) is 0 Å². The van der Waals surface area contributed by atoms with E-state index in [9.17, 15) is 172 Å². The van der Waals surface area contributed by atoms with Gasteiger partial charge in [0, 0.05) is 41.0 Å². The minimum Gasteiger partial charge on any atom is -0.477 e. The van der Waals surface area contributed by atoms with Gasteiger partial charge in [-0.2, -0.15) is 0 Å². The number of carboxylic acids is 1. The van der Waals surface area contributed by atoms with Gasteiger partial charge in [0.05, 0.1) is 77.7 Å². The van der Waals surface area contributed by atoms with E-state index in [1.54, 1.807) is 0 Å². The van der Waals surface area contributed by atoms with Crippen LogP contribution in [0.5, 0.6) is 0 Å². The molecule has 10 aliphatic rings. The fourth-order valence-electron chi connectivity index (χ4n) is 16.9. The molecule has 0 aliphatic carbocycles.